The summed E-state index contributed by atoms with van der Waals surface area (Å²) in [6.07, 6.45) is 4.71. The third-order valence-corrected chi connectivity index (χ3v) is 5.22. The van der Waals surface area contributed by atoms with Gasteiger partial charge in [-0.1, -0.05) is 30.3 Å². The number of benzene rings is 2. The fraction of sp³-hybridized carbons (Fsp3) is 0.261. The van der Waals surface area contributed by atoms with Crippen LogP contribution in [0.25, 0.3) is 0 Å². The number of hydrogen-bond donors (Lipinski definition) is 0. The molecule has 1 aliphatic heterocycles. The zero-order valence-electron chi connectivity index (χ0n) is 15.8. The summed E-state index contributed by atoms with van der Waals surface area (Å²) >= 11 is 0. The fourth-order valence-corrected chi connectivity index (χ4v) is 3.92. The van der Waals surface area contributed by atoms with Gasteiger partial charge in [-0.3, -0.25) is 9.88 Å². The Kier molecular flexibility index (Phi) is 5.07. The van der Waals surface area contributed by atoms with Crippen molar-refractivity contribution in [2.75, 3.05) is 20.8 Å². The highest BCUT2D eigenvalue weighted by molar-refractivity contribution is 5.51. The van der Waals surface area contributed by atoms with Crippen molar-refractivity contribution in [3.63, 3.8) is 0 Å². The Morgan fingerprint density at radius 1 is 0.963 bits per heavy atom. The van der Waals surface area contributed by atoms with E-state index < -0.39 is 0 Å². The van der Waals surface area contributed by atoms with E-state index in [0.29, 0.717) is 0 Å². The van der Waals surface area contributed by atoms with E-state index in [1.54, 1.807) is 14.2 Å². The average Bonchev–Trinajstić information content (AvgIpc) is 2.74. The van der Waals surface area contributed by atoms with Crippen molar-refractivity contribution < 1.29 is 9.47 Å². The molecule has 0 N–H and O–H groups in total. The van der Waals surface area contributed by atoms with Crippen LogP contribution in [0.3, 0.4) is 0 Å². The van der Waals surface area contributed by atoms with Crippen molar-refractivity contribution in [3.05, 3.63) is 89.2 Å². The second-order valence-corrected chi connectivity index (χ2v) is 6.80. The molecule has 2 aromatic carbocycles. The predicted molar refractivity (Wildman–Crippen MR) is 106 cm³/mol. The Morgan fingerprint density at radius 3 is 2.37 bits per heavy atom. The van der Waals surface area contributed by atoms with Crippen LogP contribution in [-0.2, 0) is 13.0 Å². The summed E-state index contributed by atoms with van der Waals surface area (Å²) in [5, 5.41) is 0. The van der Waals surface area contributed by atoms with Crippen molar-refractivity contribution in [1.82, 2.24) is 9.88 Å². The summed E-state index contributed by atoms with van der Waals surface area (Å²) in [6, 6.07) is 19.3. The van der Waals surface area contributed by atoms with Gasteiger partial charge in [0.1, 0.15) is 0 Å². The molecule has 0 saturated heterocycles. The molecular weight excluding hydrogens is 336 g/mol. The normalized spacial score (nSPS) is 16.6. The highest BCUT2D eigenvalue weighted by Gasteiger charge is 2.30. The molecule has 4 rings (SSSR count). The van der Waals surface area contributed by atoms with Crippen LogP contribution in [-0.4, -0.2) is 30.6 Å². The quantitative estimate of drug-likeness (QED) is 0.681. The molecule has 1 aliphatic rings. The monoisotopic (exact) mass is 360 g/mol. The molecule has 138 valence electrons. The van der Waals surface area contributed by atoms with E-state index in [9.17, 15) is 0 Å². The van der Waals surface area contributed by atoms with Gasteiger partial charge in [0.2, 0.25) is 0 Å². The van der Waals surface area contributed by atoms with E-state index >= 15 is 0 Å². The molecular formula is C23H24N2O2. The van der Waals surface area contributed by atoms with Crippen LogP contribution in [0.5, 0.6) is 11.5 Å². The summed E-state index contributed by atoms with van der Waals surface area (Å²) in [6.45, 7) is 1.88. The first-order valence-corrected chi connectivity index (χ1v) is 9.23. The Morgan fingerprint density at radius 2 is 1.67 bits per heavy atom. The Bertz CT molecular complexity index is 897. The molecule has 2 heterocycles. The van der Waals surface area contributed by atoms with E-state index in [1.807, 2.05) is 12.4 Å². The Hall–Kier alpha value is -2.85. The standard InChI is InChI=1S/C23H24N2O2/c1-26-21-14-19-10-13-25(16-17-8-11-24-12-9-17)23(18-6-4-3-5-7-18)20(19)15-22(21)27-2/h3-9,11-12,14-15,23H,10,13,16H2,1-2H3. The minimum absolute atomic E-state index is 0.183. The van der Waals surface area contributed by atoms with Crippen molar-refractivity contribution in [2.24, 2.45) is 0 Å². The molecule has 1 unspecified atom stereocenters. The lowest BCUT2D eigenvalue weighted by Crippen LogP contribution is -2.35. The lowest BCUT2D eigenvalue weighted by molar-refractivity contribution is 0.203. The molecule has 27 heavy (non-hydrogen) atoms. The molecule has 1 atom stereocenters. The molecule has 4 heteroatoms. The predicted octanol–water partition coefficient (Wildman–Crippen LogP) is 4.25. The largest absolute Gasteiger partial charge is 0.493 e. The van der Waals surface area contributed by atoms with Crippen LogP contribution in [0, 0.1) is 0 Å². The third-order valence-electron chi connectivity index (χ3n) is 5.22. The minimum atomic E-state index is 0.183. The lowest BCUT2D eigenvalue weighted by Gasteiger charge is -2.38. The second kappa shape index (κ2) is 7.80. The second-order valence-electron chi connectivity index (χ2n) is 6.80. The van der Waals surface area contributed by atoms with Gasteiger partial charge >= 0.3 is 0 Å². The van der Waals surface area contributed by atoms with Crippen LogP contribution in [0.4, 0.5) is 0 Å². The summed E-state index contributed by atoms with van der Waals surface area (Å²) < 4.78 is 11.1. The number of methoxy groups -OCH3 is 2. The van der Waals surface area contributed by atoms with Gasteiger partial charge in [-0.05, 0) is 52.9 Å². The minimum Gasteiger partial charge on any atom is -0.493 e. The molecule has 1 aromatic heterocycles. The maximum absolute atomic E-state index is 5.59. The maximum atomic E-state index is 5.59. The summed E-state index contributed by atoms with van der Waals surface area (Å²) in [4.78, 5) is 6.67. The van der Waals surface area contributed by atoms with Crippen LogP contribution in [0.15, 0.2) is 67.0 Å². The van der Waals surface area contributed by atoms with Crippen molar-refractivity contribution in [3.8, 4) is 11.5 Å². The van der Waals surface area contributed by atoms with Gasteiger partial charge in [0, 0.05) is 25.5 Å². The van der Waals surface area contributed by atoms with E-state index in [-0.39, 0.29) is 6.04 Å². The van der Waals surface area contributed by atoms with E-state index in [0.717, 1.165) is 31.0 Å². The average molecular weight is 360 g/mol. The molecule has 0 saturated carbocycles. The zero-order valence-corrected chi connectivity index (χ0v) is 15.8. The van der Waals surface area contributed by atoms with E-state index in [2.05, 4.69) is 64.5 Å². The van der Waals surface area contributed by atoms with Gasteiger partial charge in [-0.15, -0.1) is 0 Å². The maximum Gasteiger partial charge on any atom is 0.161 e. The van der Waals surface area contributed by atoms with Gasteiger partial charge in [0.15, 0.2) is 11.5 Å². The molecule has 0 aliphatic carbocycles. The summed E-state index contributed by atoms with van der Waals surface area (Å²) in [7, 11) is 3.39. The smallest absolute Gasteiger partial charge is 0.161 e. The first-order valence-electron chi connectivity index (χ1n) is 9.23. The van der Waals surface area contributed by atoms with Gasteiger partial charge in [0.05, 0.1) is 20.3 Å². The topological polar surface area (TPSA) is 34.6 Å². The van der Waals surface area contributed by atoms with Gasteiger partial charge < -0.3 is 9.47 Å². The first kappa shape index (κ1) is 17.6. The summed E-state index contributed by atoms with van der Waals surface area (Å²) in [5.74, 6) is 1.58. The Labute approximate surface area is 160 Å². The van der Waals surface area contributed by atoms with Crippen molar-refractivity contribution >= 4 is 0 Å². The van der Waals surface area contributed by atoms with E-state index in [4.69, 9.17) is 9.47 Å². The third kappa shape index (κ3) is 3.53. The molecule has 3 aromatic rings. The first-order chi connectivity index (χ1) is 13.3. The van der Waals surface area contributed by atoms with Crippen LogP contribution < -0.4 is 9.47 Å². The molecule has 4 nitrogen and oxygen atoms in total. The van der Waals surface area contributed by atoms with E-state index in [1.165, 1.54) is 22.3 Å². The van der Waals surface area contributed by atoms with Crippen LogP contribution in [0.2, 0.25) is 0 Å². The number of ether oxygens (including phenoxy) is 2. The molecule has 0 bridgehead atoms. The van der Waals surface area contributed by atoms with Gasteiger partial charge in [0.25, 0.3) is 0 Å². The van der Waals surface area contributed by atoms with Crippen molar-refractivity contribution in [1.29, 1.82) is 0 Å². The zero-order chi connectivity index (χ0) is 18.6. The molecule has 0 amide bonds. The number of nitrogens with zero attached hydrogens (tertiary/aromatic N) is 2. The number of hydrogen-bond acceptors (Lipinski definition) is 4. The van der Waals surface area contributed by atoms with Gasteiger partial charge in [-0.25, -0.2) is 0 Å². The summed E-state index contributed by atoms with van der Waals surface area (Å²) in [5.41, 5.74) is 5.18. The molecule has 0 radical (unpaired) electrons. The van der Waals surface area contributed by atoms with Crippen LogP contribution >= 0.6 is 0 Å². The number of rotatable bonds is 5. The highest BCUT2D eigenvalue weighted by Crippen LogP contribution is 2.41. The lowest BCUT2D eigenvalue weighted by atomic mass is 9.87. The van der Waals surface area contributed by atoms with Gasteiger partial charge in [-0.2, -0.15) is 0 Å². The highest BCUT2D eigenvalue weighted by atomic mass is 16.5. The number of fused-ring (bicyclic) bond motifs is 1. The SMILES string of the molecule is COc1cc2c(cc1OC)C(c1ccccc1)N(Cc1ccncc1)CC2. The number of aromatic nitrogens is 1. The molecule has 0 fully saturated rings. The number of pyridine rings is 1. The molecule has 0 spiro atoms. The Balaban J connectivity index is 1.79. The van der Waals surface area contributed by atoms with Crippen LogP contribution in [0.1, 0.15) is 28.3 Å². The fourth-order valence-electron chi connectivity index (χ4n) is 3.92. The van der Waals surface area contributed by atoms with Crippen molar-refractivity contribution in [2.45, 2.75) is 19.0 Å².